The second-order valence-electron chi connectivity index (χ2n) is 3.89. The number of para-hydroxylation sites is 1. The van der Waals surface area contributed by atoms with E-state index in [0.717, 1.165) is 4.68 Å². The highest BCUT2D eigenvalue weighted by atomic mass is 19.1. The van der Waals surface area contributed by atoms with E-state index in [9.17, 15) is 9.18 Å². The summed E-state index contributed by atoms with van der Waals surface area (Å²) < 4.78 is 14.5. The van der Waals surface area contributed by atoms with Gasteiger partial charge in [-0.1, -0.05) is 12.1 Å². The molecule has 2 aromatic heterocycles. The summed E-state index contributed by atoms with van der Waals surface area (Å²) in [5.74, 6) is -0.850. The molecule has 1 aromatic carbocycles. The maximum absolute atomic E-state index is 13.5. The van der Waals surface area contributed by atoms with Crippen molar-refractivity contribution in [2.75, 3.05) is 5.73 Å². The van der Waals surface area contributed by atoms with Gasteiger partial charge in [0.15, 0.2) is 0 Å². The number of benzene rings is 1. The van der Waals surface area contributed by atoms with Gasteiger partial charge in [-0.2, -0.15) is 4.68 Å². The molecule has 0 spiro atoms. The molecule has 0 saturated heterocycles. The van der Waals surface area contributed by atoms with Gasteiger partial charge in [-0.3, -0.25) is 9.78 Å². The summed E-state index contributed by atoms with van der Waals surface area (Å²) in [5.41, 5.74) is 5.84. The number of halogens is 1. The van der Waals surface area contributed by atoms with Crippen LogP contribution in [0.2, 0.25) is 0 Å². The number of hydrogen-bond donors (Lipinski definition) is 1. The lowest BCUT2D eigenvalue weighted by Crippen LogP contribution is -2.13. The molecule has 7 heteroatoms. The van der Waals surface area contributed by atoms with Gasteiger partial charge in [0, 0.05) is 11.6 Å². The smallest absolute Gasteiger partial charge is 0.281 e. The van der Waals surface area contributed by atoms with Crippen molar-refractivity contribution in [3.8, 4) is 0 Å². The van der Waals surface area contributed by atoms with Gasteiger partial charge in [0.2, 0.25) is 5.95 Å². The largest absolute Gasteiger partial charge is 0.366 e. The molecule has 3 aromatic rings. The Labute approximate surface area is 106 Å². The lowest BCUT2D eigenvalue weighted by molar-refractivity contribution is 0.0945. The first-order chi connectivity index (χ1) is 9.15. The summed E-state index contributed by atoms with van der Waals surface area (Å²) in [6, 6.07) is 6.10. The predicted octanol–water partition coefficient (Wildman–Crippen LogP) is 1.24. The topological polar surface area (TPSA) is 86.7 Å². The van der Waals surface area contributed by atoms with Crippen molar-refractivity contribution >= 4 is 22.8 Å². The third-order valence-corrected chi connectivity index (χ3v) is 2.63. The van der Waals surface area contributed by atoms with Crippen LogP contribution in [0.1, 0.15) is 10.4 Å². The molecule has 0 saturated carbocycles. The Morgan fingerprint density at radius 3 is 2.89 bits per heavy atom. The van der Waals surface area contributed by atoms with Crippen LogP contribution in [0.15, 0.2) is 36.8 Å². The first-order valence-corrected chi connectivity index (χ1v) is 5.41. The van der Waals surface area contributed by atoms with Gasteiger partial charge in [0.05, 0.1) is 5.56 Å². The van der Waals surface area contributed by atoms with Crippen LogP contribution in [0.25, 0.3) is 10.9 Å². The van der Waals surface area contributed by atoms with Crippen LogP contribution >= 0.6 is 0 Å². The number of rotatable bonds is 1. The summed E-state index contributed by atoms with van der Waals surface area (Å²) in [6.07, 6.45) is 2.51. The monoisotopic (exact) mass is 257 g/mol. The minimum Gasteiger partial charge on any atom is -0.366 e. The molecule has 0 fully saturated rings. The zero-order valence-corrected chi connectivity index (χ0v) is 9.62. The van der Waals surface area contributed by atoms with Crippen LogP contribution in [0.3, 0.4) is 0 Å². The average Bonchev–Trinajstić information content (AvgIpc) is 2.84. The van der Waals surface area contributed by atoms with E-state index in [-0.39, 0.29) is 17.0 Å². The third kappa shape index (κ3) is 1.90. The van der Waals surface area contributed by atoms with E-state index >= 15 is 0 Å². The number of anilines is 1. The number of carbonyl (C=O) groups excluding carboxylic acids is 1. The quantitative estimate of drug-likeness (QED) is 0.708. The molecule has 2 heterocycles. The van der Waals surface area contributed by atoms with Gasteiger partial charge in [-0.25, -0.2) is 9.37 Å². The van der Waals surface area contributed by atoms with Gasteiger partial charge in [-0.05, 0) is 12.1 Å². The number of nitrogens with two attached hydrogens (primary N) is 1. The summed E-state index contributed by atoms with van der Waals surface area (Å²) in [6.45, 7) is 0. The summed E-state index contributed by atoms with van der Waals surface area (Å²) in [4.78, 5) is 19.7. The molecule has 2 N–H and O–H groups in total. The fourth-order valence-electron chi connectivity index (χ4n) is 1.75. The third-order valence-electron chi connectivity index (χ3n) is 2.63. The van der Waals surface area contributed by atoms with E-state index in [4.69, 9.17) is 5.73 Å². The van der Waals surface area contributed by atoms with Crippen molar-refractivity contribution in [3.63, 3.8) is 0 Å². The van der Waals surface area contributed by atoms with Gasteiger partial charge >= 0.3 is 0 Å². The van der Waals surface area contributed by atoms with Crippen LogP contribution in [-0.2, 0) is 0 Å². The van der Waals surface area contributed by atoms with Gasteiger partial charge in [0.1, 0.15) is 17.7 Å². The number of aromatic nitrogens is 4. The minimum atomic E-state index is -0.429. The van der Waals surface area contributed by atoms with Crippen molar-refractivity contribution in [1.82, 2.24) is 19.7 Å². The van der Waals surface area contributed by atoms with Gasteiger partial charge < -0.3 is 5.73 Å². The van der Waals surface area contributed by atoms with E-state index in [1.165, 1.54) is 18.6 Å². The molecular weight excluding hydrogens is 249 g/mol. The molecule has 0 aliphatic rings. The summed E-state index contributed by atoms with van der Waals surface area (Å²) in [5, 5.41) is 4.26. The lowest BCUT2D eigenvalue weighted by atomic mass is 10.1. The number of carbonyl (C=O) groups is 1. The predicted molar refractivity (Wildman–Crippen MR) is 65.9 cm³/mol. The molecular formula is C12H8FN5O. The van der Waals surface area contributed by atoms with E-state index in [0.29, 0.717) is 5.39 Å². The molecule has 0 bridgehead atoms. The van der Waals surface area contributed by atoms with E-state index < -0.39 is 11.7 Å². The van der Waals surface area contributed by atoms with Crippen LogP contribution in [0.5, 0.6) is 0 Å². The number of nitrogens with zero attached hydrogens (tertiary/aromatic N) is 4. The fourth-order valence-corrected chi connectivity index (χ4v) is 1.75. The molecule has 0 atom stereocenters. The molecule has 0 aliphatic heterocycles. The summed E-state index contributed by atoms with van der Waals surface area (Å²) >= 11 is 0. The van der Waals surface area contributed by atoms with Crippen molar-refractivity contribution in [2.45, 2.75) is 0 Å². The van der Waals surface area contributed by atoms with Crippen molar-refractivity contribution < 1.29 is 9.18 Å². The molecule has 0 radical (unpaired) electrons. The highest BCUT2D eigenvalue weighted by Crippen LogP contribution is 2.16. The Kier molecular flexibility index (Phi) is 2.45. The molecule has 19 heavy (non-hydrogen) atoms. The second-order valence-corrected chi connectivity index (χ2v) is 3.89. The normalized spacial score (nSPS) is 10.8. The highest BCUT2D eigenvalue weighted by Gasteiger charge is 2.12. The van der Waals surface area contributed by atoms with Gasteiger partial charge in [0.25, 0.3) is 5.91 Å². The van der Waals surface area contributed by atoms with Crippen molar-refractivity contribution in [2.24, 2.45) is 0 Å². The fraction of sp³-hybridized carbons (Fsp3) is 0. The maximum atomic E-state index is 13.5. The Balaban J connectivity index is 2.09. The molecule has 0 amide bonds. The first-order valence-electron chi connectivity index (χ1n) is 5.41. The number of pyridine rings is 1. The number of fused-ring (bicyclic) bond motifs is 1. The Morgan fingerprint density at radius 1 is 1.32 bits per heavy atom. The zero-order valence-electron chi connectivity index (χ0n) is 9.62. The van der Waals surface area contributed by atoms with E-state index in [2.05, 4.69) is 15.1 Å². The van der Waals surface area contributed by atoms with Crippen molar-refractivity contribution in [3.05, 3.63) is 48.2 Å². The Bertz CT molecular complexity index is 783. The highest BCUT2D eigenvalue weighted by molar-refractivity contribution is 5.98. The van der Waals surface area contributed by atoms with Crippen LogP contribution in [0, 0.1) is 5.82 Å². The Hall–Kier alpha value is -2.83. The van der Waals surface area contributed by atoms with E-state index in [1.807, 2.05) is 0 Å². The molecule has 3 rings (SSSR count). The maximum Gasteiger partial charge on any atom is 0.281 e. The number of hydrogen-bond acceptors (Lipinski definition) is 5. The average molecular weight is 257 g/mol. The molecule has 6 nitrogen and oxygen atoms in total. The van der Waals surface area contributed by atoms with Crippen molar-refractivity contribution in [1.29, 1.82) is 0 Å². The minimum absolute atomic E-state index is 0.00754. The standard InChI is InChI=1S/C12H8FN5O/c13-9-3-1-2-7-4-8(5-15-10(7)9)11(19)18-6-16-12(14)17-18/h1-6H,(H2,14,17). The van der Waals surface area contributed by atoms with Gasteiger partial charge in [-0.15, -0.1) is 5.10 Å². The Morgan fingerprint density at radius 2 is 2.16 bits per heavy atom. The molecule has 94 valence electrons. The van der Waals surface area contributed by atoms with Crippen LogP contribution in [0.4, 0.5) is 10.3 Å². The second kappa shape index (κ2) is 4.13. The van der Waals surface area contributed by atoms with E-state index in [1.54, 1.807) is 18.2 Å². The first kappa shape index (κ1) is 11.3. The zero-order chi connectivity index (χ0) is 13.4. The molecule has 0 unspecified atom stereocenters. The molecule has 0 aliphatic carbocycles. The number of nitrogen functional groups attached to an aromatic ring is 1. The summed E-state index contributed by atoms with van der Waals surface area (Å²) in [7, 11) is 0. The van der Waals surface area contributed by atoms with Crippen LogP contribution in [-0.4, -0.2) is 25.7 Å². The van der Waals surface area contributed by atoms with Crippen LogP contribution < -0.4 is 5.73 Å². The SMILES string of the molecule is Nc1ncn(C(=O)c2cnc3c(F)cccc3c2)n1. The lowest BCUT2D eigenvalue weighted by Gasteiger charge is -2.02.